The Morgan fingerprint density at radius 3 is 2.35 bits per heavy atom. The highest BCUT2D eigenvalue weighted by molar-refractivity contribution is 5.99. The van der Waals surface area contributed by atoms with Crippen LogP contribution >= 0.6 is 0 Å². The lowest BCUT2D eigenvalue weighted by Gasteiger charge is -2.27. The van der Waals surface area contributed by atoms with E-state index in [0.29, 0.717) is 6.42 Å². The summed E-state index contributed by atoms with van der Waals surface area (Å²) in [4.78, 5) is 35.0. The number of hydrogen-bond acceptors (Lipinski definition) is 8. The second-order valence-corrected chi connectivity index (χ2v) is 12.8. The number of carbonyl (C=O) groups is 2. The molecule has 0 fully saturated rings. The Balaban J connectivity index is 1.83. The van der Waals surface area contributed by atoms with Crippen LogP contribution in [0.2, 0.25) is 0 Å². The van der Waals surface area contributed by atoms with Crippen LogP contribution in [0.15, 0.2) is 39.9 Å². The number of nitrogens with one attached hydrogen (secondary N) is 1. The predicted molar refractivity (Wildman–Crippen MR) is 165 cm³/mol. The van der Waals surface area contributed by atoms with Crippen molar-refractivity contribution in [1.29, 1.82) is 0 Å². The Morgan fingerprint density at radius 1 is 1.02 bits per heavy atom. The van der Waals surface area contributed by atoms with Gasteiger partial charge in [-0.15, -0.1) is 4.99 Å². The maximum absolute atomic E-state index is 14.0. The average molecular weight is 652 g/mol. The number of aliphatic imine (C=N–C) groups is 1. The molecule has 0 saturated carbocycles. The molecule has 14 heteroatoms. The van der Waals surface area contributed by atoms with E-state index < -0.39 is 41.2 Å². The van der Waals surface area contributed by atoms with Crippen LogP contribution in [0.4, 0.5) is 22.8 Å². The van der Waals surface area contributed by atoms with E-state index in [9.17, 15) is 22.8 Å². The van der Waals surface area contributed by atoms with E-state index in [1.807, 2.05) is 0 Å². The number of benzene rings is 1. The highest BCUT2D eigenvalue weighted by atomic mass is 19.4. The number of unbranched alkanes of at least 4 members (excludes halogenated alkanes) is 5. The maximum atomic E-state index is 14.0. The highest BCUT2D eigenvalue weighted by Gasteiger charge is 2.36. The van der Waals surface area contributed by atoms with Gasteiger partial charge in [0, 0.05) is 12.1 Å². The molecule has 3 rings (SSSR count). The van der Waals surface area contributed by atoms with Gasteiger partial charge in [-0.05, 0) is 66.2 Å². The van der Waals surface area contributed by atoms with Crippen molar-refractivity contribution in [2.45, 2.75) is 110 Å². The molecule has 11 nitrogen and oxygen atoms in total. The lowest BCUT2D eigenvalue weighted by Crippen LogP contribution is -2.46. The minimum absolute atomic E-state index is 0.0106. The summed E-state index contributed by atoms with van der Waals surface area (Å²) in [5, 5.41) is 6.39. The van der Waals surface area contributed by atoms with Gasteiger partial charge in [0.1, 0.15) is 23.0 Å². The molecule has 1 N–H and O–H groups in total. The number of halogens is 3. The van der Waals surface area contributed by atoms with E-state index >= 15 is 0 Å². The van der Waals surface area contributed by atoms with Gasteiger partial charge in [-0.25, -0.2) is 9.59 Å². The lowest BCUT2D eigenvalue weighted by molar-refractivity contribution is -0.138. The molecule has 0 bridgehead atoms. The topological polar surface area (TPSA) is 128 Å². The number of hydrogen-bond donors (Lipinski definition) is 1. The fourth-order valence-corrected chi connectivity index (χ4v) is 4.44. The van der Waals surface area contributed by atoms with Crippen LogP contribution in [0.5, 0.6) is 5.75 Å². The summed E-state index contributed by atoms with van der Waals surface area (Å²) in [6, 6.07) is 2.79. The second kappa shape index (κ2) is 15.5. The molecule has 254 valence electrons. The van der Waals surface area contributed by atoms with Gasteiger partial charge >= 0.3 is 18.4 Å². The standard InChI is InChI=1S/C32H44F3N5O6/c1-8-9-10-11-12-13-19-43-24-17-16-21(20-22(24)32(33,34)35)25-36-26(46-39-25)23-15-14-18-40(23)27(37-28(41)44-30(2,3)4)38-29(42)45-31(5,6)7/h14-17,20,23H,8-13,18-19H2,1-7H3,(H,37,38,41,42)/t23-/m0/s1. The van der Waals surface area contributed by atoms with E-state index in [0.717, 1.165) is 38.2 Å². The normalized spacial score (nSPS) is 15.7. The lowest BCUT2D eigenvalue weighted by atomic mass is 10.1. The van der Waals surface area contributed by atoms with Crippen LogP contribution in [0.3, 0.4) is 0 Å². The first-order valence-corrected chi connectivity index (χ1v) is 15.4. The van der Waals surface area contributed by atoms with Gasteiger partial charge in [0.2, 0.25) is 11.8 Å². The summed E-state index contributed by atoms with van der Waals surface area (Å²) in [6.45, 7) is 12.5. The summed E-state index contributed by atoms with van der Waals surface area (Å²) in [6.07, 6.45) is 2.77. The summed E-state index contributed by atoms with van der Waals surface area (Å²) < 4.78 is 63.6. The number of alkyl halides is 3. The molecule has 0 spiro atoms. The summed E-state index contributed by atoms with van der Waals surface area (Å²) in [5.41, 5.74) is -2.57. The van der Waals surface area contributed by atoms with Gasteiger partial charge in [-0.1, -0.05) is 56.3 Å². The molecule has 0 saturated heterocycles. The van der Waals surface area contributed by atoms with E-state index in [4.69, 9.17) is 18.7 Å². The first-order chi connectivity index (χ1) is 21.5. The molecule has 2 aromatic rings. The number of carbonyl (C=O) groups excluding carboxylic acids is 2. The van der Waals surface area contributed by atoms with E-state index in [1.54, 1.807) is 53.7 Å². The molecule has 0 aliphatic carbocycles. The van der Waals surface area contributed by atoms with Crippen LogP contribution in [-0.2, 0) is 15.7 Å². The summed E-state index contributed by atoms with van der Waals surface area (Å²) >= 11 is 0. The maximum Gasteiger partial charge on any atom is 0.437 e. The number of ether oxygens (including phenoxy) is 3. The van der Waals surface area contributed by atoms with Crippen molar-refractivity contribution in [2.75, 3.05) is 13.2 Å². The Kier molecular flexibility index (Phi) is 12.2. The molecule has 2 amide bonds. The molecular weight excluding hydrogens is 607 g/mol. The molecular formula is C32H44F3N5O6. The largest absolute Gasteiger partial charge is 0.493 e. The minimum atomic E-state index is -4.68. The molecule has 1 aromatic heterocycles. The van der Waals surface area contributed by atoms with Gasteiger partial charge in [0.05, 0.1) is 12.2 Å². The van der Waals surface area contributed by atoms with E-state index in [1.165, 1.54) is 17.0 Å². The molecule has 1 atom stereocenters. The van der Waals surface area contributed by atoms with Gasteiger partial charge in [0.15, 0.2) is 0 Å². The van der Waals surface area contributed by atoms with Crippen LogP contribution < -0.4 is 10.1 Å². The van der Waals surface area contributed by atoms with Gasteiger partial charge in [0.25, 0.3) is 5.89 Å². The molecule has 2 heterocycles. The van der Waals surface area contributed by atoms with Gasteiger partial charge in [-0.3, -0.25) is 5.32 Å². The highest BCUT2D eigenvalue weighted by Crippen LogP contribution is 2.39. The third kappa shape index (κ3) is 11.4. The first kappa shape index (κ1) is 36.4. The van der Waals surface area contributed by atoms with Crippen LogP contribution in [0.1, 0.15) is 104 Å². The summed E-state index contributed by atoms with van der Waals surface area (Å²) in [5.74, 6) is -0.573. The SMILES string of the molecule is CCCCCCCCOc1ccc(-c2noc([C@@H]3C=CCN3C(=NC(=O)OC(C)(C)C)NC(=O)OC(C)(C)C)n2)cc1C(F)(F)F. The van der Waals surface area contributed by atoms with Crippen LogP contribution in [0.25, 0.3) is 11.4 Å². The Labute approximate surface area is 267 Å². The van der Waals surface area contributed by atoms with Crippen molar-refractivity contribution in [3.05, 3.63) is 41.8 Å². The van der Waals surface area contributed by atoms with Crippen molar-refractivity contribution in [1.82, 2.24) is 20.4 Å². The quantitative estimate of drug-likeness (QED) is 0.117. The molecule has 1 aliphatic heterocycles. The number of aromatic nitrogens is 2. The number of rotatable bonds is 10. The monoisotopic (exact) mass is 651 g/mol. The zero-order valence-corrected chi connectivity index (χ0v) is 27.5. The van der Waals surface area contributed by atoms with E-state index in [2.05, 4.69) is 27.4 Å². The zero-order chi connectivity index (χ0) is 34.1. The minimum Gasteiger partial charge on any atom is -0.493 e. The Bertz CT molecular complexity index is 1390. The second-order valence-electron chi connectivity index (χ2n) is 12.8. The molecule has 0 radical (unpaired) electrons. The summed E-state index contributed by atoms with van der Waals surface area (Å²) in [7, 11) is 0. The third-order valence-electron chi connectivity index (χ3n) is 6.43. The fourth-order valence-electron chi connectivity index (χ4n) is 4.44. The van der Waals surface area contributed by atoms with Crippen molar-refractivity contribution in [2.24, 2.45) is 4.99 Å². The smallest absolute Gasteiger partial charge is 0.437 e. The Hall–Kier alpha value is -4.10. The molecule has 0 unspecified atom stereocenters. The fraction of sp³-hybridized carbons (Fsp3) is 0.594. The Morgan fingerprint density at radius 2 is 1.70 bits per heavy atom. The number of guanidine groups is 1. The molecule has 1 aliphatic rings. The molecule has 46 heavy (non-hydrogen) atoms. The third-order valence-corrected chi connectivity index (χ3v) is 6.43. The number of alkyl carbamates (subject to hydrolysis) is 1. The van der Waals surface area contributed by atoms with Crippen molar-refractivity contribution in [3.63, 3.8) is 0 Å². The van der Waals surface area contributed by atoms with Crippen LogP contribution in [-0.4, -0.2) is 57.5 Å². The number of amides is 2. The van der Waals surface area contributed by atoms with E-state index in [-0.39, 0.29) is 42.1 Å². The number of nitrogens with zero attached hydrogens (tertiary/aromatic N) is 4. The van der Waals surface area contributed by atoms with Crippen molar-refractivity contribution >= 4 is 18.1 Å². The van der Waals surface area contributed by atoms with Crippen LogP contribution in [0, 0.1) is 0 Å². The van der Waals surface area contributed by atoms with Crippen molar-refractivity contribution in [3.8, 4) is 17.1 Å². The average Bonchev–Trinajstić information content (AvgIpc) is 3.60. The van der Waals surface area contributed by atoms with Gasteiger partial charge < -0.3 is 23.6 Å². The predicted octanol–water partition coefficient (Wildman–Crippen LogP) is 8.22. The zero-order valence-electron chi connectivity index (χ0n) is 27.5. The molecule has 1 aromatic carbocycles. The first-order valence-electron chi connectivity index (χ1n) is 15.4. The van der Waals surface area contributed by atoms with Gasteiger partial charge in [-0.2, -0.15) is 18.2 Å². The van der Waals surface area contributed by atoms with Crippen molar-refractivity contribution < 1.29 is 41.5 Å².